The van der Waals surface area contributed by atoms with Crippen molar-refractivity contribution in [2.45, 2.75) is 46.5 Å². The van der Waals surface area contributed by atoms with Crippen LogP contribution in [-0.2, 0) is 16.0 Å². The molecule has 25 heavy (non-hydrogen) atoms. The molecule has 1 aromatic carbocycles. The zero-order valence-electron chi connectivity index (χ0n) is 15.2. The van der Waals surface area contributed by atoms with Crippen molar-refractivity contribution in [2.75, 3.05) is 11.9 Å². The molecule has 0 aliphatic heterocycles. The number of aryl methyl sites for hydroxylation is 2. The molecule has 0 aliphatic carbocycles. The first-order valence-corrected chi connectivity index (χ1v) is 9.39. The molecule has 0 aliphatic rings. The molecule has 0 saturated heterocycles. The summed E-state index contributed by atoms with van der Waals surface area (Å²) in [6.45, 7) is 7.96. The van der Waals surface area contributed by atoms with Crippen LogP contribution in [0.2, 0.25) is 0 Å². The van der Waals surface area contributed by atoms with Crippen LogP contribution in [0.4, 0.5) is 5.69 Å². The van der Waals surface area contributed by atoms with Crippen molar-refractivity contribution in [3.8, 4) is 0 Å². The number of esters is 1. The molecule has 1 N–H and O–H groups in total. The summed E-state index contributed by atoms with van der Waals surface area (Å²) in [7, 11) is 0. The van der Waals surface area contributed by atoms with Crippen molar-refractivity contribution in [1.82, 2.24) is 0 Å². The fourth-order valence-corrected chi connectivity index (χ4v) is 3.61. The van der Waals surface area contributed by atoms with Crippen LogP contribution in [0.5, 0.6) is 0 Å². The van der Waals surface area contributed by atoms with Crippen molar-refractivity contribution in [3.63, 3.8) is 0 Å². The summed E-state index contributed by atoms with van der Waals surface area (Å²) < 4.78 is 5.17. The molecule has 0 fully saturated rings. The Morgan fingerprint density at radius 3 is 2.64 bits per heavy atom. The van der Waals surface area contributed by atoms with Crippen LogP contribution < -0.4 is 5.32 Å². The Labute approximate surface area is 153 Å². The zero-order valence-corrected chi connectivity index (χ0v) is 16.0. The lowest BCUT2D eigenvalue weighted by Crippen LogP contribution is -2.21. The molecule has 0 spiro atoms. The van der Waals surface area contributed by atoms with E-state index >= 15 is 0 Å². The van der Waals surface area contributed by atoms with Gasteiger partial charge in [-0.15, -0.1) is 11.3 Å². The number of hydrogen-bond donors (Lipinski definition) is 1. The Hall–Kier alpha value is -2.14. The molecule has 5 heteroatoms. The van der Waals surface area contributed by atoms with E-state index in [0.29, 0.717) is 10.8 Å². The van der Waals surface area contributed by atoms with E-state index in [1.54, 1.807) is 0 Å². The monoisotopic (exact) mass is 359 g/mol. The Balaban J connectivity index is 1.94. The van der Waals surface area contributed by atoms with Crippen LogP contribution in [0.15, 0.2) is 30.3 Å². The third kappa shape index (κ3) is 5.16. The number of rotatable bonds is 7. The molecule has 1 amide bonds. The number of carbonyl (C=O) groups excluding carboxylic acids is 2. The third-order valence-electron chi connectivity index (χ3n) is 3.93. The topological polar surface area (TPSA) is 55.4 Å². The molecule has 4 nitrogen and oxygen atoms in total. The average molecular weight is 359 g/mol. The smallest absolute Gasteiger partial charge is 0.348 e. The van der Waals surface area contributed by atoms with Gasteiger partial charge >= 0.3 is 5.97 Å². The first-order valence-electron chi connectivity index (χ1n) is 8.57. The van der Waals surface area contributed by atoms with Gasteiger partial charge < -0.3 is 10.1 Å². The second-order valence-corrected chi connectivity index (χ2v) is 7.56. The van der Waals surface area contributed by atoms with E-state index in [1.165, 1.54) is 16.9 Å². The summed E-state index contributed by atoms with van der Waals surface area (Å²) in [6.07, 6.45) is 1.98. The standard InChI is InChI=1S/C20H25NO3S/c1-5-8-15-11-18(25-14(15)4)20(23)24-12-19(22)21-17-10-7-6-9-16(17)13(2)3/h6-7,9-11,13H,5,8,12H2,1-4H3,(H,21,22). The molecule has 0 saturated carbocycles. The zero-order chi connectivity index (χ0) is 18.4. The lowest BCUT2D eigenvalue weighted by Gasteiger charge is -2.13. The molecule has 1 aromatic heterocycles. The molecule has 0 bridgehead atoms. The fourth-order valence-electron chi connectivity index (χ4n) is 2.64. The van der Waals surface area contributed by atoms with E-state index < -0.39 is 5.97 Å². The highest BCUT2D eigenvalue weighted by Crippen LogP contribution is 2.24. The molecule has 0 unspecified atom stereocenters. The summed E-state index contributed by atoms with van der Waals surface area (Å²) in [6, 6.07) is 9.53. The summed E-state index contributed by atoms with van der Waals surface area (Å²) >= 11 is 1.42. The van der Waals surface area contributed by atoms with E-state index in [4.69, 9.17) is 4.74 Å². The molecule has 1 heterocycles. The number of nitrogens with one attached hydrogen (secondary N) is 1. The van der Waals surface area contributed by atoms with Crippen molar-refractivity contribution >= 4 is 28.9 Å². The van der Waals surface area contributed by atoms with E-state index in [-0.39, 0.29) is 12.5 Å². The molecular weight excluding hydrogens is 334 g/mol. The molecule has 0 atom stereocenters. The summed E-state index contributed by atoms with van der Waals surface area (Å²) in [5.74, 6) is -0.476. The van der Waals surface area contributed by atoms with Gasteiger partial charge in [0.15, 0.2) is 6.61 Å². The highest BCUT2D eigenvalue weighted by molar-refractivity contribution is 7.14. The Kier molecular flexibility index (Phi) is 6.76. The van der Waals surface area contributed by atoms with Gasteiger partial charge in [0, 0.05) is 10.6 Å². The second-order valence-electron chi connectivity index (χ2n) is 6.31. The first-order chi connectivity index (χ1) is 11.9. The van der Waals surface area contributed by atoms with Gasteiger partial charge in [0.2, 0.25) is 0 Å². The number of amides is 1. The lowest BCUT2D eigenvalue weighted by molar-refractivity contribution is -0.119. The maximum absolute atomic E-state index is 12.2. The van der Waals surface area contributed by atoms with E-state index in [0.717, 1.165) is 29.0 Å². The van der Waals surface area contributed by atoms with Gasteiger partial charge in [-0.1, -0.05) is 45.4 Å². The van der Waals surface area contributed by atoms with Gasteiger partial charge in [0.1, 0.15) is 4.88 Å². The van der Waals surface area contributed by atoms with Crippen molar-refractivity contribution in [1.29, 1.82) is 0 Å². The molecule has 134 valence electrons. The molecule has 2 rings (SSSR count). The maximum atomic E-state index is 12.2. The van der Waals surface area contributed by atoms with E-state index in [1.807, 2.05) is 37.3 Å². The van der Waals surface area contributed by atoms with Crippen LogP contribution in [0.25, 0.3) is 0 Å². The number of benzene rings is 1. The SMILES string of the molecule is CCCc1cc(C(=O)OCC(=O)Nc2ccccc2C(C)C)sc1C. The highest BCUT2D eigenvalue weighted by Gasteiger charge is 2.16. The minimum absolute atomic E-state index is 0.286. The number of thiophene rings is 1. The number of ether oxygens (including phenoxy) is 1. The predicted octanol–water partition coefficient (Wildman–Crippen LogP) is 4.93. The van der Waals surface area contributed by atoms with Gasteiger partial charge in [0.25, 0.3) is 5.91 Å². The highest BCUT2D eigenvalue weighted by atomic mass is 32.1. The van der Waals surface area contributed by atoms with Gasteiger partial charge in [-0.3, -0.25) is 4.79 Å². The molecule has 0 radical (unpaired) electrons. The lowest BCUT2D eigenvalue weighted by atomic mass is 10.0. The Bertz CT molecular complexity index is 749. The number of para-hydroxylation sites is 1. The second kappa shape index (κ2) is 8.81. The van der Waals surface area contributed by atoms with Crippen LogP contribution >= 0.6 is 11.3 Å². The normalized spacial score (nSPS) is 10.8. The maximum Gasteiger partial charge on any atom is 0.348 e. The Morgan fingerprint density at radius 2 is 1.96 bits per heavy atom. The largest absolute Gasteiger partial charge is 0.451 e. The van der Waals surface area contributed by atoms with Gasteiger partial charge in [-0.25, -0.2) is 4.79 Å². The quantitative estimate of drug-likeness (QED) is 0.713. The van der Waals surface area contributed by atoms with Crippen LogP contribution in [-0.4, -0.2) is 18.5 Å². The van der Waals surface area contributed by atoms with Crippen LogP contribution in [0, 0.1) is 6.92 Å². The minimum Gasteiger partial charge on any atom is -0.451 e. The average Bonchev–Trinajstić information content (AvgIpc) is 2.94. The first kappa shape index (κ1) is 19.2. The van der Waals surface area contributed by atoms with Crippen LogP contribution in [0.3, 0.4) is 0 Å². The minimum atomic E-state index is -0.442. The predicted molar refractivity (Wildman–Crippen MR) is 102 cm³/mol. The summed E-state index contributed by atoms with van der Waals surface area (Å²) in [4.78, 5) is 25.9. The van der Waals surface area contributed by atoms with Gasteiger partial charge in [-0.05, 0) is 42.5 Å². The summed E-state index contributed by atoms with van der Waals surface area (Å²) in [5, 5.41) is 2.82. The van der Waals surface area contributed by atoms with Gasteiger partial charge in [-0.2, -0.15) is 0 Å². The van der Waals surface area contributed by atoms with Crippen molar-refractivity contribution in [3.05, 3.63) is 51.2 Å². The van der Waals surface area contributed by atoms with Crippen LogP contribution in [0.1, 0.15) is 58.8 Å². The van der Waals surface area contributed by atoms with E-state index in [2.05, 4.69) is 26.1 Å². The van der Waals surface area contributed by atoms with E-state index in [9.17, 15) is 9.59 Å². The van der Waals surface area contributed by atoms with Gasteiger partial charge in [0.05, 0.1) is 0 Å². The number of hydrogen-bond acceptors (Lipinski definition) is 4. The molecular formula is C20H25NO3S. The molecule has 2 aromatic rings. The third-order valence-corrected chi connectivity index (χ3v) is 5.01. The Morgan fingerprint density at radius 1 is 1.24 bits per heavy atom. The number of carbonyl (C=O) groups is 2. The summed E-state index contributed by atoms with van der Waals surface area (Å²) in [5.41, 5.74) is 2.99. The fraction of sp³-hybridized carbons (Fsp3) is 0.400. The number of anilines is 1. The van der Waals surface area contributed by atoms with Crippen molar-refractivity contribution in [2.24, 2.45) is 0 Å². The van der Waals surface area contributed by atoms with Crippen molar-refractivity contribution < 1.29 is 14.3 Å².